The van der Waals surface area contributed by atoms with Crippen LogP contribution in [0.5, 0.6) is 0 Å². The number of urea groups is 1. The number of fused-ring (bicyclic) bond motifs is 1. The largest absolute Gasteiger partial charge is 0.369 e. The molecule has 5 aliphatic rings. The summed E-state index contributed by atoms with van der Waals surface area (Å²) < 4.78 is 15.9. The van der Waals surface area contributed by atoms with Crippen LogP contribution in [-0.2, 0) is 16.0 Å². The van der Waals surface area contributed by atoms with Crippen LogP contribution in [0.1, 0.15) is 95.1 Å². The van der Waals surface area contributed by atoms with E-state index in [9.17, 15) is 14.4 Å². The summed E-state index contributed by atoms with van der Waals surface area (Å²) in [6.07, 6.45) is 9.04. The number of rotatable bonds is 8. The highest BCUT2D eigenvalue weighted by atomic mass is 32.2. The van der Waals surface area contributed by atoms with E-state index in [1.807, 2.05) is 39.0 Å². The zero-order valence-corrected chi connectivity index (χ0v) is 32.1. The summed E-state index contributed by atoms with van der Waals surface area (Å²) in [6, 6.07) is 13.8. The Morgan fingerprint density at radius 3 is 2.31 bits per heavy atom. The number of para-hydroxylation sites is 2. The van der Waals surface area contributed by atoms with E-state index in [-0.39, 0.29) is 46.9 Å². The van der Waals surface area contributed by atoms with Crippen molar-refractivity contribution in [2.24, 2.45) is 5.41 Å². The first kappa shape index (κ1) is 37.0. The standard InChI is InChI=1S/C41H57FN6O3S/c1-41(2,3)19-27-48-38(50)35(28-36(49)45-22-17-31(18-23-45)47-26-14-29-10-5-6-13-34(29)43-40(47)51)52-39(48)32-11-9-12-33(42)37(32)46-24-15-30(16-25-46)44-20-7-4-8-21-44/h5-6,9-13,30-31,35,39H,4,7-8,14-28H2,1-3H3,(H,43,51)/t35-,39?/m1/s1. The molecule has 282 valence electrons. The fourth-order valence-electron chi connectivity index (χ4n) is 8.90. The van der Waals surface area contributed by atoms with Crippen molar-refractivity contribution in [1.82, 2.24) is 19.6 Å². The molecule has 0 aliphatic carbocycles. The number of anilines is 2. The van der Waals surface area contributed by atoms with E-state index in [2.05, 4.69) is 42.0 Å². The third-order valence-corrected chi connectivity index (χ3v) is 13.4. The fraction of sp³-hybridized carbons (Fsp3) is 0.634. The van der Waals surface area contributed by atoms with E-state index in [1.165, 1.54) is 44.1 Å². The summed E-state index contributed by atoms with van der Waals surface area (Å²) in [5, 5.41) is 2.20. The number of halogens is 1. The summed E-state index contributed by atoms with van der Waals surface area (Å²) in [5.74, 6) is -0.280. The number of amides is 4. The molecule has 2 atom stereocenters. The first-order valence-corrected chi connectivity index (χ1v) is 20.7. The Morgan fingerprint density at radius 1 is 0.865 bits per heavy atom. The SMILES string of the molecule is CC(C)(C)CCN1C(=O)[C@@H](CC(=O)N2CCC(N3CCc4ccccc4NC3=O)CC2)SC1c1cccc(F)c1N1CCC(N2CCCCC2)CC1. The van der Waals surface area contributed by atoms with E-state index in [1.54, 1.807) is 12.1 Å². The van der Waals surface area contributed by atoms with Crippen molar-refractivity contribution in [2.45, 2.75) is 108 Å². The first-order valence-electron chi connectivity index (χ1n) is 19.7. The molecule has 4 fully saturated rings. The van der Waals surface area contributed by atoms with Crippen molar-refractivity contribution in [3.8, 4) is 0 Å². The highest BCUT2D eigenvalue weighted by Crippen LogP contribution is 2.49. The minimum Gasteiger partial charge on any atom is -0.369 e. The maximum atomic E-state index is 15.9. The second-order valence-electron chi connectivity index (χ2n) is 16.7. The molecule has 5 heterocycles. The summed E-state index contributed by atoms with van der Waals surface area (Å²) >= 11 is 1.52. The van der Waals surface area contributed by atoms with Gasteiger partial charge in [-0.1, -0.05) is 57.5 Å². The van der Waals surface area contributed by atoms with Gasteiger partial charge >= 0.3 is 6.03 Å². The summed E-state index contributed by atoms with van der Waals surface area (Å²) in [4.78, 5) is 51.8. The molecule has 7 rings (SSSR count). The van der Waals surface area contributed by atoms with Crippen LogP contribution in [0.3, 0.4) is 0 Å². The molecule has 0 spiro atoms. The minimum atomic E-state index is -0.522. The lowest BCUT2D eigenvalue weighted by molar-refractivity contribution is -0.137. The lowest BCUT2D eigenvalue weighted by Gasteiger charge is -2.42. The average Bonchev–Trinajstić information content (AvgIpc) is 3.34. The number of likely N-dealkylation sites (tertiary alicyclic amines) is 2. The number of nitrogens with zero attached hydrogens (tertiary/aromatic N) is 5. The van der Waals surface area contributed by atoms with Crippen LogP contribution in [-0.4, -0.2) is 107 Å². The van der Waals surface area contributed by atoms with Gasteiger partial charge in [-0.15, -0.1) is 11.8 Å². The number of thioether (sulfide) groups is 1. The van der Waals surface area contributed by atoms with Gasteiger partial charge < -0.3 is 29.8 Å². The lowest BCUT2D eigenvalue weighted by atomic mass is 9.92. The van der Waals surface area contributed by atoms with Gasteiger partial charge in [-0.3, -0.25) is 9.59 Å². The quantitative estimate of drug-likeness (QED) is 0.311. The van der Waals surface area contributed by atoms with Crippen LogP contribution in [0, 0.1) is 11.2 Å². The van der Waals surface area contributed by atoms with E-state index in [0.29, 0.717) is 50.7 Å². The van der Waals surface area contributed by atoms with E-state index < -0.39 is 5.25 Å². The molecule has 0 bridgehead atoms. The maximum absolute atomic E-state index is 15.9. The second-order valence-corrected chi connectivity index (χ2v) is 17.9. The van der Waals surface area contributed by atoms with E-state index >= 15 is 4.39 Å². The van der Waals surface area contributed by atoms with Crippen molar-refractivity contribution in [1.29, 1.82) is 0 Å². The van der Waals surface area contributed by atoms with Gasteiger partial charge in [0.15, 0.2) is 0 Å². The van der Waals surface area contributed by atoms with Gasteiger partial charge in [0.1, 0.15) is 11.2 Å². The molecule has 0 radical (unpaired) electrons. The Bertz CT molecular complexity index is 1590. The highest BCUT2D eigenvalue weighted by Gasteiger charge is 2.45. The number of hydrogen-bond acceptors (Lipinski definition) is 6. The lowest BCUT2D eigenvalue weighted by Crippen LogP contribution is -2.50. The van der Waals surface area contributed by atoms with Gasteiger partial charge in [-0.25, -0.2) is 9.18 Å². The molecule has 9 nitrogen and oxygen atoms in total. The average molecular weight is 733 g/mol. The maximum Gasteiger partial charge on any atom is 0.322 e. The molecule has 2 aromatic rings. The predicted molar refractivity (Wildman–Crippen MR) is 207 cm³/mol. The predicted octanol–water partition coefficient (Wildman–Crippen LogP) is 7.13. The fourth-order valence-corrected chi connectivity index (χ4v) is 10.4. The van der Waals surface area contributed by atoms with Gasteiger partial charge in [0.2, 0.25) is 11.8 Å². The molecule has 4 amide bonds. The molecule has 2 aromatic carbocycles. The van der Waals surface area contributed by atoms with Gasteiger partial charge in [-0.05, 0) is 87.6 Å². The van der Waals surface area contributed by atoms with Gasteiger partial charge in [0, 0.05) is 69.0 Å². The Hall–Kier alpha value is -3.31. The van der Waals surface area contributed by atoms with Crippen molar-refractivity contribution >= 4 is 41.0 Å². The van der Waals surface area contributed by atoms with Crippen molar-refractivity contribution in [3.05, 3.63) is 59.4 Å². The zero-order valence-electron chi connectivity index (χ0n) is 31.3. The van der Waals surface area contributed by atoms with Gasteiger partial charge in [0.05, 0.1) is 10.9 Å². The first-order chi connectivity index (χ1) is 25.1. The molecule has 5 aliphatic heterocycles. The molecule has 0 saturated carbocycles. The smallest absolute Gasteiger partial charge is 0.322 e. The summed E-state index contributed by atoms with van der Waals surface area (Å²) in [7, 11) is 0. The van der Waals surface area contributed by atoms with Crippen LogP contribution in [0.25, 0.3) is 0 Å². The normalized spacial score (nSPS) is 24.2. The van der Waals surface area contributed by atoms with Gasteiger partial charge in [-0.2, -0.15) is 0 Å². The summed E-state index contributed by atoms with van der Waals surface area (Å²) in [5.41, 5.74) is 3.50. The molecule has 11 heteroatoms. The molecule has 1 unspecified atom stereocenters. The topological polar surface area (TPSA) is 79.4 Å². The van der Waals surface area contributed by atoms with E-state index in [4.69, 9.17) is 0 Å². The molecule has 4 saturated heterocycles. The Kier molecular flexibility index (Phi) is 11.4. The third kappa shape index (κ3) is 8.25. The number of piperidine rings is 3. The van der Waals surface area contributed by atoms with Crippen LogP contribution >= 0.6 is 11.8 Å². The highest BCUT2D eigenvalue weighted by molar-refractivity contribution is 8.01. The van der Waals surface area contributed by atoms with Crippen LogP contribution < -0.4 is 10.2 Å². The van der Waals surface area contributed by atoms with Crippen LogP contribution in [0.4, 0.5) is 20.6 Å². The third-order valence-electron chi connectivity index (χ3n) is 12.0. The number of benzene rings is 2. The number of hydrogen-bond donors (Lipinski definition) is 1. The number of carbonyl (C=O) groups excluding carboxylic acids is 3. The van der Waals surface area contributed by atoms with Gasteiger partial charge in [0.25, 0.3) is 0 Å². The van der Waals surface area contributed by atoms with Crippen molar-refractivity contribution in [2.75, 3.05) is 62.6 Å². The number of carbonyl (C=O) groups is 3. The molecule has 52 heavy (non-hydrogen) atoms. The van der Waals surface area contributed by atoms with Crippen LogP contribution in [0.15, 0.2) is 42.5 Å². The Balaban J connectivity index is 1.01. The van der Waals surface area contributed by atoms with Crippen molar-refractivity contribution < 1.29 is 18.8 Å². The zero-order chi connectivity index (χ0) is 36.4. The monoisotopic (exact) mass is 732 g/mol. The summed E-state index contributed by atoms with van der Waals surface area (Å²) in [6.45, 7) is 12.8. The Labute approximate surface area is 313 Å². The molecule has 0 aromatic heterocycles. The minimum absolute atomic E-state index is 0.0158. The second kappa shape index (κ2) is 16.0. The molecular weight excluding hydrogens is 676 g/mol. The van der Waals surface area contributed by atoms with Crippen molar-refractivity contribution in [3.63, 3.8) is 0 Å². The molecular formula is C41H57FN6O3S. The number of nitrogens with one attached hydrogen (secondary N) is 1. The Morgan fingerprint density at radius 2 is 1.58 bits per heavy atom. The van der Waals surface area contributed by atoms with Crippen LogP contribution in [0.2, 0.25) is 0 Å². The van der Waals surface area contributed by atoms with E-state index in [0.717, 1.165) is 55.6 Å². The molecule has 1 N–H and O–H groups in total.